The predicted octanol–water partition coefficient (Wildman–Crippen LogP) is 3.10. The van der Waals surface area contributed by atoms with Gasteiger partial charge in [-0.1, -0.05) is 0 Å². The van der Waals surface area contributed by atoms with Gasteiger partial charge in [0.1, 0.15) is 5.82 Å². The fourth-order valence-corrected chi connectivity index (χ4v) is 3.78. The molecule has 0 aliphatic carbocycles. The van der Waals surface area contributed by atoms with Crippen LogP contribution in [0.1, 0.15) is 32.9 Å². The molecule has 1 aliphatic rings. The van der Waals surface area contributed by atoms with Gasteiger partial charge in [-0.05, 0) is 77.5 Å². The molecule has 1 saturated heterocycles. The minimum atomic E-state index is -0.253. The minimum absolute atomic E-state index is 0.0795. The molecule has 7 heteroatoms. The summed E-state index contributed by atoms with van der Waals surface area (Å²) >= 11 is 0. The van der Waals surface area contributed by atoms with E-state index < -0.39 is 0 Å². The first kappa shape index (κ1) is 21.5. The molecule has 1 aromatic carbocycles. The van der Waals surface area contributed by atoms with E-state index in [0.29, 0.717) is 13.1 Å². The van der Waals surface area contributed by atoms with E-state index in [9.17, 15) is 9.18 Å². The second kappa shape index (κ2) is 9.50. The van der Waals surface area contributed by atoms with E-state index in [-0.39, 0.29) is 30.0 Å². The number of rotatable bonds is 7. The highest BCUT2D eigenvalue weighted by molar-refractivity contribution is 5.81. The number of morpholine rings is 1. The van der Waals surface area contributed by atoms with Crippen molar-refractivity contribution < 1.29 is 13.9 Å². The van der Waals surface area contributed by atoms with E-state index in [4.69, 9.17) is 4.74 Å². The molecule has 0 bridgehead atoms. The molecule has 1 amide bonds. The number of carbonyl (C=O) groups excluding carboxylic acids is 1. The molecule has 0 radical (unpaired) electrons. The fourth-order valence-electron chi connectivity index (χ4n) is 3.78. The number of hydrogen-bond acceptors (Lipinski definition) is 4. The summed E-state index contributed by atoms with van der Waals surface area (Å²) < 4.78 is 18.8. The second-order valence-corrected chi connectivity index (χ2v) is 8.05. The van der Waals surface area contributed by atoms with Crippen molar-refractivity contribution >= 4 is 5.91 Å². The number of aromatic amines is 1. The van der Waals surface area contributed by atoms with E-state index in [2.05, 4.69) is 15.1 Å². The maximum atomic E-state index is 13.1. The monoisotopic (exact) mass is 402 g/mol. The van der Waals surface area contributed by atoms with Crippen LogP contribution in [0.3, 0.4) is 0 Å². The lowest BCUT2D eigenvalue weighted by molar-refractivity contribution is -0.147. The number of nitrogens with one attached hydrogen (secondary N) is 1. The normalized spacial score (nSPS) is 20.8. The molecule has 3 atom stereocenters. The van der Waals surface area contributed by atoms with Gasteiger partial charge in [0, 0.05) is 24.3 Å². The Morgan fingerprint density at radius 1 is 1.31 bits per heavy atom. The van der Waals surface area contributed by atoms with Crippen LogP contribution in [0.4, 0.5) is 4.39 Å². The first-order valence-electron chi connectivity index (χ1n) is 10.3. The van der Waals surface area contributed by atoms with E-state index in [1.807, 2.05) is 38.8 Å². The summed E-state index contributed by atoms with van der Waals surface area (Å²) in [6.07, 6.45) is 1.91. The molecule has 1 fully saturated rings. The minimum Gasteiger partial charge on any atom is -0.372 e. The summed E-state index contributed by atoms with van der Waals surface area (Å²) in [4.78, 5) is 16.9. The van der Waals surface area contributed by atoms with Gasteiger partial charge >= 0.3 is 0 Å². The van der Waals surface area contributed by atoms with Gasteiger partial charge in [0.15, 0.2) is 0 Å². The molecular formula is C22H31FN4O2. The quantitative estimate of drug-likeness (QED) is 0.773. The molecule has 1 N–H and O–H groups in total. The average molecular weight is 403 g/mol. The van der Waals surface area contributed by atoms with Crippen LogP contribution in [0.2, 0.25) is 0 Å². The topological polar surface area (TPSA) is 61.5 Å². The summed E-state index contributed by atoms with van der Waals surface area (Å²) in [5.41, 5.74) is 2.74. The largest absolute Gasteiger partial charge is 0.372 e. The lowest BCUT2D eigenvalue weighted by atomic mass is 10.1. The number of aromatic nitrogens is 2. The van der Waals surface area contributed by atoms with Crippen molar-refractivity contribution in [1.82, 2.24) is 20.0 Å². The van der Waals surface area contributed by atoms with Crippen LogP contribution in [0.15, 0.2) is 30.3 Å². The summed E-state index contributed by atoms with van der Waals surface area (Å²) in [5, 5.41) is 7.37. The van der Waals surface area contributed by atoms with E-state index >= 15 is 0 Å². The summed E-state index contributed by atoms with van der Waals surface area (Å²) in [5.74, 6) is -0.0909. The van der Waals surface area contributed by atoms with E-state index in [0.717, 1.165) is 36.3 Å². The number of aryl methyl sites for hydroxylation is 1. The Morgan fingerprint density at radius 2 is 1.97 bits per heavy atom. The maximum absolute atomic E-state index is 13.1. The van der Waals surface area contributed by atoms with Gasteiger partial charge in [-0.25, -0.2) is 4.39 Å². The van der Waals surface area contributed by atoms with Crippen molar-refractivity contribution in [3.63, 3.8) is 0 Å². The van der Waals surface area contributed by atoms with Crippen molar-refractivity contribution in [2.75, 3.05) is 26.7 Å². The number of H-pyrrole nitrogens is 1. The fraction of sp³-hybridized carbons (Fsp3) is 0.545. The number of likely N-dealkylation sites (N-methyl/N-ethyl adjacent to an activating group) is 1. The Bertz CT molecular complexity index is 797. The number of hydrogen-bond donors (Lipinski definition) is 1. The summed E-state index contributed by atoms with van der Waals surface area (Å²) in [6.45, 7) is 8.11. The lowest BCUT2D eigenvalue weighted by Crippen LogP contribution is -2.53. The molecule has 0 saturated carbocycles. The number of benzene rings is 1. The lowest BCUT2D eigenvalue weighted by Gasteiger charge is -2.38. The molecule has 1 aromatic heterocycles. The van der Waals surface area contributed by atoms with Crippen LogP contribution >= 0.6 is 0 Å². The van der Waals surface area contributed by atoms with Gasteiger partial charge < -0.3 is 9.64 Å². The van der Waals surface area contributed by atoms with E-state index in [1.54, 1.807) is 12.1 Å². The molecule has 2 heterocycles. The van der Waals surface area contributed by atoms with Gasteiger partial charge in [-0.2, -0.15) is 5.10 Å². The van der Waals surface area contributed by atoms with Crippen LogP contribution < -0.4 is 0 Å². The molecule has 1 aliphatic heterocycles. The molecule has 2 aromatic rings. The number of halogens is 1. The zero-order valence-corrected chi connectivity index (χ0v) is 17.7. The Kier molecular flexibility index (Phi) is 7.03. The van der Waals surface area contributed by atoms with Crippen LogP contribution in [0.25, 0.3) is 11.3 Å². The molecule has 0 spiro atoms. The number of amides is 1. The third-order valence-electron chi connectivity index (χ3n) is 5.48. The number of nitrogens with zero attached hydrogens (tertiary/aromatic N) is 3. The molecule has 6 nitrogen and oxygen atoms in total. The molecule has 158 valence electrons. The summed E-state index contributed by atoms with van der Waals surface area (Å²) in [7, 11) is 1.99. The highest BCUT2D eigenvalue weighted by atomic mass is 19.1. The van der Waals surface area contributed by atoms with Crippen LogP contribution in [-0.4, -0.2) is 70.8 Å². The smallest absolute Gasteiger partial charge is 0.239 e. The Morgan fingerprint density at radius 3 is 2.62 bits per heavy atom. The standard InChI is InChI=1S/C22H31FN4O2/c1-15-13-27(14-16(2)29-15)22(28)17(3)26(4)11-5-6-20-12-21(25-24-20)18-7-9-19(23)10-8-18/h7-10,12,15-17H,5-6,11,13-14H2,1-4H3,(H,24,25). The zero-order chi connectivity index (χ0) is 21.0. The van der Waals surface area contributed by atoms with Crippen LogP contribution in [0.5, 0.6) is 0 Å². The van der Waals surface area contributed by atoms with Crippen LogP contribution in [-0.2, 0) is 16.0 Å². The zero-order valence-electron chi connectivity index (χ0n) is 17.7. The molecular weight excluding hydrogens is 371 g/mol. The van der Waals surface area contributed by atoms with Crippen molar-refractivity contribution in [3.8, 4) is 11.3 Å². The predicted molar refractivity (Wildman–Crippen MR) is 111 cm³/mol. The van der Waals surface area contributed by atoms with Gasteiger partial charge in [0.05, 0.1) is 23.9 Å². The number of ether oxygens (including phenoxy) is 1. The average Bonchev–Trinajstić information content (AvgIpc) is 3.15. The SMILES string of the molecule is CC1CN(C(=O)C(C)N(C)CCCc2cc(-c3ccc(F)cc3)n[nH]2)CC(C)O1. The maximum Gasteiger partial charge on any atom is 0.239 e. The van der Waals surface area contributed by atoms with Gasteiger partial charge in [0.25, 0.3) is 0 Å². The third-order valence-corrected chi connectivity index (χ3v) is 5.48. The highest BCUT2D eigenvalue weighted by Gasteiger charge is 2.30. The van der Waals surface area contributed by atoms with Crippen molar-refractivity contribution in [2.24, 2.45) is 0 Å². The molecule has 29 heavy (non-hydrogen) atoms. The first-order chi connectivity index (χ1) is 13.8. The second-order valence-electron chi connectivity index (χ2n) is 8.05. The van der Waals surface area contributed by atoms with E-state index in [1.165, 1.54) is 12.1 Å². The first-order valence-corrected chi connectivity index (χ1v) is 10.3. The van der Waals surface area contributed by atoms with Crippen molar-refractivity contribution in [3.05, 3.63) is 41.8 Å². The highest BCUT2D eigenvalue weighted by Crippen LogP contribution is 2.19. The Balaban J connectivity index is 1.47. The Hall–Kier alpha value is -2.25. The van der Waals surface area contributed by atoms with Gasteiger partial charge in [-0.15, -0.1) is 0 Å². The van der Waals surface area contributed by atoms with Gasteiger partial charge in [0.2, 0.25) is 5.91 Å². The van der Waals surface area contributed by atoms with Crippen molar-refractivity contribution in [2.45, 2.75) is 51.9 Å². The van der Waals surface area contributed by atoms with Crippen molar-refractivity contribution in [1.29, 1.82) is 0 Å². The van der Waals surface area contributed by atoms with Crippen LogP contribution in [0, 0.1) is 5.82 Å². The third kappa shape index (κ3) is 5.64. The summed E-state index contributed by atoms with van der Waals surface area (Å²) in [6, 6.07) is 8.16. The number of carbonyl (C=O) groups is 1. The Labute approximate surface area is 172 Å². The molecule has 3 unspecified atom stereocenters. The molecule has 3 rings (SSSR count). The van der Waals surface area contributed by atoms with Gasteiger partial charge in [-0.3, -0.25) is 14.8 Å².